The molecule has 2 rings (SSSR count). The maximum absolute atomic E-state index is 10.3. The van der Waals surface area contributed by atoms with Crippen molar-refractivity contribution in [2.24, 2.45) is 0 Å². The summed E-state index contributed by atoms with van der Waals surface area (Å²) >= 11 is 0. The minimum atomic E-state index is -0.549. The summed E-state index contributed by atoms with van der Waals surface area (Å²) in [4.78, 5) is 0. The first-order chi connectivity index (χ1) is 9.17. The van der Waals surface area contributed by atoms with Gasteiger partial charge in [0.15, 0.2) is 11.5 Å². The van der Waals surface area contributed by atoms with E-state index in [1.165, 1.54) is 0 Å². The van der Waals surface area contributed by atoms with Gasteiger partial charge in [-0.1, -0.05) is 0 Å². The van der Waals surface area contributed by atoms with Gasteiger partial charge in [0, 0.05) is 29.7 Å². The first-order valence-electron chi connectivity index (χ1n) is 6.33. The number of benzene rings is 1. The number of ether oxygens (including phenoxy) is 3. The Morgan fingerprint density at radius 1 is 1.16 bits per heavy atom. The summed E-state index contributed by atoms with van der Waals surface area (Å²) in [6, 6.07) is 1.82. The molecule has 0 aliphatic heterocycles. The molecule has 0 heterocycles. The van der Waals surface area contributed by atoms with Crippen molar-refractivity contribution >= 4 is 0 Å². The van der Waals surface area contributed by atoms with Gasteiger partial charge in [0.1, 0.15) is 5.75 Å². The highest BCUT2D eigenvalue weighted by molar-refractivity contribution is 5.61. The Morgan fingerprint density at radius 2 is 1.84 bits per heavy atom. The second-order valence-corrected chi connectivity index (χ2v) is 4.65. The second-order valence-electron chi connectivity index (χ2n) is 4.65. The third kappa shape index (κ3) is 2.24. The number of rotatable bonds is 5. The van der Waals surface area contributed by atoms with E-state index >= 15 is 0 Å². The van der Waals surface area contributed by atoms with Crippen LogP contribution in [0.3, 0.4) is 0 Å². The SMILES string of the molecule is CNCC1CC(O)c2c(OC)c(OC)cc(OC)c21. The lowest BCUT2D eigenvalue weighted by Gasteiger charge is -2.18. The van der Waals surface area contributed by atoms with Crippen molar-refractivity contribution in [2.45, 2.75) is 18.4 Å². The number of hydrogen-bond acceptors (Lipinski definition) is 5. The van der Waals surface area contributed by atoms with Crippen molar-refractivity contribution < 1.29 is 19.3 Å². The minimum absolute atomic E-state index is 0.213. The van der Waals surface area contributed by atoms with Gasteiger partial charge in [-0.2, -0.15) is 0 Å². The maximum Gasteiger partial charge on any atom is 0.167 e. The average molecular weight is 267 g/mol. The molecule has 0 spiro atoms. The van der Waals surface area contributed by atoms with Crippen molar-refractivity contribution in [3.63, 3.8) is 0 Å². The maximum atomic E-state index is 10.3. The topological polar surface area (TPSA) is 60.0 Å². The van der Waals surface area contributed by atoms with Crippen molar-refractivity contribution in [1.29, 1.82) is 0 Å². The Balaban J connectivity index is 2.62. The van der Waals surface area contributed by atoms with Crippen LogP contribution in [0.1, 0.15) is 29.6 Å². The Morgan fingerprint density at radius 3 is 2.37 bits per heavy atom. The second kappa shape index (κ2) is 5.67. The molecular formula is C14H21NO4. The van der Waals surface area contributed by atoms with Crippen LogP contribution >= 0.6 is 0 Å². The molecule has 1 aliphatic rings. The molecule has 2 unspecified atom stereocenters. The van der Waals surface area contributed by atoms with Crippen LogP contribution in [0.2, 0.25) is 0 Å². The van der Waals surface area contributed by atoms with Crippen molar-refractivity contribution in [3.8, 4) is 17.2 Å². The molecule has 5 nitrogen and oxygen atoms in total. The molecule has 1 aliphatic carbocycles. The van der Waals surface area contributed by atoms with Crippen LogP contribution < -0.4 is 19.5 Å². The largest absolute Gasteiger partial charge is 0.496 e. The van der Waals surface area contributed by atoms with Gasteiger partial charge in [0.25, 0.3) is 0 Å². The predicted octanol–water partition coefficient (Wildman–Crippen LogP) is 1.45. The normalized spacial score (nSPS) is 21.1. The van der Waals surface area contributed by atoms with Gasteiger partial charge in [-0.15, -0.1) is 0 Å². The van der Waals surface area contributed by atoms with E-state index in [1.54, 1.807) is 21.3 Å². The molecule has 0 amide bonds. The average Bonchev–Trinajstić information content (AvgIpc) is 2.75. The van der Waals surface area contributed by atoms with E-state index < -0.39 is 6.10 Å². The van der Waals surface area contributed by atoms with E-state index in [2.05, 4.69) is 5.32 Å². The van der Waals surface area contributed by atoms with Gasteiger partial charge in [-0.25, -0.2) is 0 Å². The molecule has 0 saturated carbocycles. The molecule has 2 atom stereocenters. The first-order valence-corrected chi connectivity index (χ1v) is 6.33. The minimum Gasteiger partial charge on any atom is -0.496 e. The van der Waals surface area contributed by atoms with Gasteiger partial charge in [-0.3, -0.25) is 0 Å². The Labute approximate surface area is 113 Å². The highest BCUT2D eigenvalue weighted by Crippen LogP contribution is 2.52. The van der Waals surface area contributed by atoms with E-state index in [4.69, 9.17) is 14.2 Å². The molecule has 1 aromatic carbocycles. The Bertz CT molecular complexity index is 461. The zero-order valence-corrected chi connectivity index (χ0v) is 11.8. The molecule has 19 heavy (non-hydrogen) atoms. The summed E-state index contributed by atoms with van der Waals surface area (Å²) in [5.41, 5.74) is 1.81. The lowest BCUT2D eigenvalue weighted by atomic mass is 9.99. The summed E-state index contributed by atoms with van der Waals surface area (Å²) in [6.07, 6.45) is 0.114. The van der Waals surface area contributed by atoms with E-state index in [0.29, 0.717) is 17.9 Å². The molecule has 0 radical (unpaired) electrons. The summed E-state index contributed by atoms with van der Waals surface area (Å²) in [5.74, 6) is 2.14. The Hall–Kier alpha value is -1.46. The van der Waals surface area contributed by atoms with Crippen LogP contribution in [0.25, 0.3) is 0 Å². The molecule has 0 fully saturated rings. The number of likely N-dealkylation sites (N-methyl/N-ethyl adjacent to an activating group) is 1. The zero-order chi connectivity index (χ0) is 14.0. The van der Waals surface area contributed by atoms with Gasteiger partial charge in [0.2, 0.25) is 0 Å². The third-order valence-corrected chi connectivity index (χ3v) is 3.63. The highest BCUT2D eigenvalue weighted by atomic mass is 16.5. The molecule has 0 bridgehead atoms. The van der Waals surface area contributed by atoms with Crippen LogP contribution in [0, 0.1) is 0 Å². The molecule has 5 heteroatoms. The number of fused-ring (bicyclic) bond motifs is 1. The van der Waals surface area contributed by atoms with Crippen LogP contribution in [0.5, 0.6) is 17.2 Å². The quantitative estimate of drug-likeness (QED) is 0.845. The van der Waals surface area contributed by atoms with E-state index in [9.17, 15) is 5.11 Å². The van der Waals surface area contributed by atoms with Crippen molar-refractivity contribution in [1.82, 2.24) is 5.32 Å². The molecule has 106 valence electrons. The van der Waals surface area contributed by atoms with Crippen LogP contribution in [-0.2, 0) is 0 Å². The predicted molar refractivity (Wildman–Crippen MR) is 72.3 cm³/mol. The fraction of sp³-hybridized carbons (Fsp3) is 0.571. The number of aliphatic hydroxyl groups is 1. The summed E-state index contributed by atoms with van der Waals surface area (Å²) < 4.78 is 16.2. The monoisotopic (exact) mass is 267 g/mol. The fourth-order valence-electron chi connectivity index (χ4n) is 2.87. The van der Waals surface area contributed by atoms with E-state index in [1.807, 2.05) is 13.1 Å². The van der Waals surface area contributed by atoms with E-state index in [0.717, 1.165) is 23.4 Å². The number of hydrogen-bond donors (Lipinski definition) is 2. The number of methoxy groups -OCH3 is 3. The number of nitrogens with one attached hydrogen (secondary N) is 1. The molecule has 1 aromatic rings. The van der Waals surface area contributed by atoms with Crippen LogP contribution in [-0.4, -0.2) is 40.0 Å². The van der Waals surface area contributed by atoms with Gasteiger partial charge < -0.3 is 24.6 Å². The van der Waals surface area contributed by atoms with Gasteiger partial charge in [0.05, 0.1) is 27.4 Å². The zero-order valence-electron chi connectivity index (χ0n) is 11.8. The standard InChI is InChI=1S/C14H21NO4/c1-15-7-8-5-9(16)13-12(8)10(17-2)6-11(18-3)14(13)19-4/h6,8-9,15-16H,5,7H2,1-4H3. The van der Waals surface area contributed by atoms with Gasteiger partial charge in [-0.05, 0) is 13.5 Å². The summed E-state index contributed by atoms with van der Waals surface area (Å²) in [7, 11) is 6.69. The third-order valence-electron chi connectivity index (χ3n) is 3.63. The number of aliphatic hydroxyl groups excluding tert-OH is 1. The smallest absolute Gasteiger partial charge is 0.167 e. The molecule has 0 aromatic heterocycles. The highest BCUT2D eigenvalue weighted by Gasteiger charge is 2.36. The van der Waals surface area contributed by atoms with Crippen LogP contribution in [0.4, 0.5) is 0 Å². The molecule has 2 N–H and O–H groups in total. The fourth-order valence-corrected chi connectivity index (χ4v) is 2.87. The first kappa shape index (κ1) is 14.0. The molecule has 0 saturated heterocycles. The molecular weight excluding hydrogens is 246 g/mol. The van der Waals surface area contributed by atoms with Gasteiger partial charge >= 0.3 is 0 Å². The van der Waals surface area contributed by atoms with Crippen molar-refractivity contribution in [3.05, 3.63) is 17.2 Å². The van der Waals surface area contributed by atoms with Crippen LogP contribution in [0.15, 0.2) is 6.07 Å². The Kier molecular flexibility index (Phi) is 4.17. The summed E-state index contributed by atoms with van der Waals surface area (Å²) in [5, 5.41) is 13.5. The van der Waals surface area contributed by atoms with Crippen molar-refractivity contribution in [2.75, 3.05) is 34.9 Å². The lowest BCUT2D eigenvalue weighted by Crippen LogP contribution is -2.16. The lowest BCUT2D eigenvalue weighted by molar-refractivity contribution is 0.168. The van der Waals surface area contributed by atoms with E-state index in [-0.39, 0.29) is 5.92 Å². The summed E-state index contributed by atoms with van der Waals surface area (Å²) in [6.45, 7) is 0.788.